The van der Waals surface area contributed by atoms with Gasteiger partial charge in [0.15, 0.2) is 0 Å². The van der Waals surface area contributed by atoms with Gasteiger partial charge in [0.2, 0.25) is 21.8 Å². The molecule has 0 bridgehead atoms. The molecule has 2 rings (SSSR count). The van der Waals surface area contributed by atoms with Gasteiger partial charge in [-0.1, -0.05) is 37.3 Å². The van der Waals surface area contributed by atoms with E-state index in [1.807, 2.05) is 58.0 Å². The van der Waals surface area contributed by atoms with Crippen molar-refractivity contribution in [2.45, 2.75) is 53.6 Å². The van der Waals surface area contributed by atoms with Gasteiger partial charge in [0, 0.05) is 13.1 Å². The zero-order valence-electron chi connectivity index (χ0n) is 20.4. The number of benzene rings is 2. The van der Waals surface area contributed by atoms with Gasteiger partial charge in [0.1, 0.15) is 12.6 Å². The second kappa shape index (κ2) is 11.3. The van der Waals surface area contributed by atoms with Gasteiger partial charge in [-0.25, -0.2) is 8.42 Å². The number of sulfonamides is 1. The van der Waals surface area contributed by atoms with E-state index in [0.29, 0.717) is 12.2 Å². The Labute approximate surface area is 197 Å². The number of aryl methyl sites for hydroxylation is 3. The summed E-state index contributed by atoms with van der Waals surface area (Å²) in [5.74, 6) is -0.710. The number of rotatable bonds is 10. The highest BCUT2D eigenvalue weighted by molar-refractivity contribution is 7.92. The number of amides is 2. The maximum absolute atomic E-state index is 13.5. The molecule has 0 spiro atoms. The molecule has 8 heteroatoms. The molecule has 0 aliphatic carbocycles. The van der Waals surface area contributed by atoms with Gasteiger partial charge in [-0.05, 0) is 68.5 Å². The second-order valence-electron chi connectivity index (χ2n) is 8.53. The number of nitrogens with zero attached hydrogens (tertiary/aromatic N) is 2. The topological polar surface area (TPSA) is 86.8 Å². The van der Waals surface area contributed by atoms with Crippen LogP contribution in [0.3, 0.4) is 0 Å². The molecule has 2 aromatic carbocycles. The summed E-state index contributed by atoms with van der Waals surface area (Å²) < 4.78 is 26.4. The fourth-order valence-electron chi connectivity index (χ4n) is 3.66. The Balaban J connectivity index is 2.42. The van der Waals surface area contributed by atoms with Crippen molar-refractivity contribution in [1.82, 2.24) is 10.2 Å². The summed E-state index contributed by atoms with van der Waals surface area (Å²) in [5, 5.41) is 2.83. The highest BCUT2D eigenvalue weighted by Gasteiger charge is 2.30. The van der Waals surface area contributed by atoms with Gasteiger partial charge in [0.25, 0.3) is 0 Å². The zero-order valence-corrected chi connectivity index (χ0v) is 21.2. The SMILES string of the molecule is CCCNC(=O)[C@@H](C)N(Cc1ccccc1C)C(=O)CN(c1cc(C)cc(C)c1)S(C)(=O)=O. The highest BCUT2D eigenvalue weighted by atomic mass is 32.2. The molecule has 0 aliphatic heterocycles. The van der Waals surface area contributed by atoms with Gasteiger partial charge in [-0.15, -0.1) is 0 Å². The zero-order chi connectivity index (χ0) is 24.8. The molecule has 0 unspecified atom stereocenters. The molecule has 0 aromatic heterocycles. The Hall–Kier alpha value is -2.87. The van der Waals surface area contributed by atoms with Crippen LogP contribution in [0.15, 0.2) is 42.5 Å². The van der Waals surface area contributed by atoms with Gasteiger partial charge >= 0.3 is 0 Å². The predicted molar refractivity (Wildman–Crippen MR) is 133 cm³/mol. The molecular weight excluding hydrogens is 438 g/mol. The number of nitrogens with one attached hydrogen (secondary N) is 1. The smallest absolute Gasteiger partial charge is 0.244 e. The first-order valence-electron chi connectivity index (χ1n) is 11.1. The van der Waals surface area contributed by atoms with Crippen molar-refractivity contribution in [3.8, 4) is 0 Å². The van der Waals surface area contributed by atoms with Crippen LogP contribution in [0, 0.1) is 20.8 Å². The van der Waals surface area contributed by atoms with Crippen molar-refractivity contribution in [1.29, 1.82) is 0 Å². The molecule has 1 N–H and O–H groups in total. The van der Waals surface area contributed by atoms with Crippen LogP contribution in [0.2, 0.25) is 0 Å². The van der Waals surface area contributed by atoms with E-state index < -0.39 is 22.0 Å². The van der Waals surface area contributed by atoms with Crippen LogP contribution in [0.25, 0.3) is 0 Å². The van der Waals surface area contributed by atoms with Crippen LogP contribution in [0.4, 0.5) is 5.69 Å². The first-order chi connectivity index (χ1) is 15.4. The fourth-order valence-corrected chi connectivity index (χ4v) is 4.49. The Morgan fingerprint density at radius 2 is 1.64 bits per heavy atom. The summed E-state index contributed by atoms with van der Waals surface area (Å²) in [5.41, 5.74) is 4.12. The average molecular weight is 474 g/mol. The minimum absolute atomic E-state index is 0.205. The lowest BCUT2D eigenvalue weighted by molar-refractivity contribution is -0.139. The molecule has 2 amide bonds. The van der Waals surface area contributed by atoms with Crippen molar-refractivity contribution in [3.05, 3.63) is 64.7 Å². The van der Waals surface area contributed by atoms with E-state index >= 15 is 0 Å². The van der Waals surface area contributed by atoms with Gasteiger partial charge in [-0.3, -0.25) is 13.9 Å². The Kier molecular flexibility index (Phi) is 9.05. The lowest BCUT2D eigenvalue weighted by Gasteiger charge is -2.32. The fraction of sp³-hybridized carbons (Fsp3) is 0.440. The third-order valence-corrected chi connectivity index (χ3v) is 6.63. The third-order valence-electron chi connectivity index (χ3n) is 5.49. The summed E-state index contributed by atoms with van der Waals surface area (Å²) in [6, 6.07) is 12.3. The minimum Gasteiger partial charge on any atom is -0.354 e. The molecule has 0 radical (unpaired) electrons. The van der Waals surface area contributed by atoms with Crippen molar-refractivity contribution >= 4 is 27.5 Å². The second-order valence-corrected chi connectivity index (χ2v) is 10.4. The first kappa shape index (κ1) is 26.4. The molecule has 1 atom stereocenters. The molecule has 180 valence electrons. The van der Waals surface area contributed by atoms with Crippen LogP contribution in [-0.2, 0) is 26.2 Å². The molecule has 2 aromatic rings. The van der Waals surface area contributed by atoms with Gasteiger partial charge < -0.3 is 10.2 Å². The standard InChI is InChI=1S/C25H35N3O4S/c1-7-12-26-25(30)21(5)27(16-22-11-9-8-10-20(22)4)24(29)17-28(33(6,31)32)23-14-18(2)13-19(3)15-23/h8-11,13-15,21H,7,12,16-17H2,1-6H3,(H,26,30)/t21-/m1/s1. The van der Waals surface area contributed by atoms with Crippen LogP contribution < -0.4 is 9.62 Å². The third kappa shape index (κ3) is 7.32. The van der Waals surface area contributed by atoms with E-state index in [1.165, 1.54) is 4.90 Å². The monoisotopic (exact) mass is 473 g/mol. The Bertz CT molecular complexity index is 1080. The van der Waals surface area contributed by atoms with Crippen LogP contribution in [-0.4, -0.2) is 50.5 Å². The summed E-state index contributed by atoms with van der Waals surface area (Å²) >= 11 is 0. The number of hydrogen-bond donors (Lipinski definition) is 1. The van der Waals surface area contributed by atoms with E-state index in [1.54, 1.807) is 19.1 Å². The molecular formula is C25H35N3O4S. The maximum atomic E-state index is 13.5. The van der Waals surface area contributed by atoms with E-state index in [0.717, 1.165) is 39.2 Å². The van der Waals surface area contributed by atoms with Crippen molar-refractivity contribution in [2.24, 2.45) is 0 Å². The summed E-state index contributed by atoms with van der Waals surface area (Å²) in [6.45, 7) is 9.64. The molecule has 33 heavy (non-hydrogen) atoms. The van der Waals surface area contributed by atoms with E-state index in [4.69, 9.17) is 0 Å². The Morgan fingerprint density at radius 1 is 1.03 bits per heavy atom. The predicted octanol–water partition coefficient (Wildman–Crippen LogP) is 3.32. The minimum atomic E-state index is -3.74. The molecule has 0 saturated heterocycles. The van der Waals surface area contributed by atoms with E-state index in [-0.39, 0.29) is 19.0 Å². The summed E-state index contributed by atoms with van der Waals surface area (Å²) in [6.07, 6.45) is 1.86. The summed E-state index contributed by atoms with van der Waals surface area (Å²) in [4.78, 5) is 27.7. The molecule has 7 nitrogen and oxygen atoms in total. The summed E-state index contributed by atoms with van der Waals surface area (Å²) in [7, 11) is -3.74. The lowest BCUT2D eigenvalue weighted by Crippen LogP contribution is -2.51. The van der Waals surface area contributed by atoms with E-state index in [9.17, 15) is 18.0 Å². The molecule has 0 aliphatic rings. The Morgan fingerprint density at radius 3 is 2.18 bits per heavy atom. The van der Waals surface area contributed by atoms with Crippen molar-refractivity contribution < 1.29 is 18.0 Å². The highest BCUT2D eigenvalue weighted by Crippen LogP contribution is 2.22. The first-order valence-corrected chi connectivity index (χ1v) is 13.0. The van der Waals surface area contributed by atoms with E-state index in [2.05, 4.69) is 5.32 Å². The normalized spacial score (nSPS) is 12.2. The maximum Gasteiger partial charge on any atom is 0.244 e. The number of hydrogen-bond acceptors (Lipinski definition) is 4. The van der Waals surface area contributed by atoms with Crippen LogP contribution in [0.5, 0.6) is 0 Å². The largest absolute Gasteiger partial charge is 0.354 e. The van der Waals surface area contributed by atoms with Crippen molar-refractivity contribution in [2.75, 3.05) is 23.7 Å². The van der Waals surface area contributed by atoms with Gasteiger partial charge in [0.05, 0.1) is 11.9 Å². The molecule has 0 heterocycles. The van der Waals surface area contributed by atoms with Crippen molar-refractivity contribution in [3.63, 3.8) is 0 Å². The molecule has 0 saturated carbocycles. The van der Waals surface area contributed by atoms with Gasteiger partial charge in [-0.2, -0.15) is 0 Å². The average Bonchev–Trinajstić information content (AvgIpc) is 2.73. The number of carbonyl (C=O) groups is 2. The molecule has 0 fully saturated rings. The van der Waals surface area contributed by atoms with Crippen LogP contribution >= 0.6 is 0 Å². The number of carbonyl (C=O) groups excluding carboxylic acids is 2. The number of anilines is 1. The van der Waals surface area contributed by atoms with Crippen LogP contribution in [0.1, 0.15) is 42.5 Å². The lowest BCUT2D eigenvalue weighted by atomic mass is 10.1. The quantitative estimate of drug-likeness (QED) is 0.574.